The van der Waals surface area contributed by atoms with Crippen LogP contribution in [-0.4, -0.2) is 30.2 Å². The lowest BCUT2D eigenvalue weighted by Gasteiger charge is -2.10. The lowest BCUT2D eigenvalue weighted by Crippen LogP contribution is -2.08. The maximum absolute atomic E-state index is 13.0. The molecule has 1 aliphatic rings. The van der Waals surface area contributed by atoms with Gasteiger partial charge in [-0.15, -0.1) is 5.10 Å². The van der Waals surface area contributed by atoms with Gasteiger partial charge in [-0.25, -0.2) is 14.6 Å². The average Bonchev–Trinajstić information content (AvgIpc) is 2.98. The first-order valence-corrected chi connectivity index (χ1v) is 6.58. The van der Waals surface area contributed by atoms with Gasteiger partial charge in [0.05, 0.1) is 6.04 Å². The molecule has 0 radical (unpaired) electrons. The number of rotatable bonds is 3. The standard InChI is InChI=1S/C10H11FN6S/c11-8-5-9(13-6-12-8)18-10-14-15-16-17(10)7-3-1-2-4-7/h5-7H,1-4H2. The van der Waals surface area contributed by atoms with Crippen LogP contribution in [0.3, 0.4) is 0 Å². The van der Waals surface area contributed by atoms with Crippen molar-refractivity contribution in [2.45, 2.75) is 41.9 Å². The fourth-order valence-electron chi connectivity index (χ4n) is 2.10. The van der Waals surface area contributed by atoms with Gasteiger partial charge in [-0.2, -0.15) is 4.39 Å². The maximum atomic E-state index is 13.0. The molecule has 0 aromatic carbocycles. The quantitative estimate of drug-likeness (QED) is 0.790. The molecule has 2 aromatic rings. The molecule has 0 amide bonds. The van der Waals surface area contributed by atoms with Crippen LogP contribution in [0.1, 0.15) is 31.7 Å². The highest BCUT2D eigenvalue weighted by Crippen LogP contribution is 2.33. The summed E-state index contributed by atoms with van der Waals surface area (Å²) < 4.78 is 14.8. The van der Waals surface area contributed by atoms with E-state index in [9.17, 15) is 4.39 Å². The number of hydrogen-bond donors (Lipinski definition) is 0. The largest absolute Gasteiger partial charge is 0.229 e. The number of halogens is 1. The average molecular weight is 266 g/mol. The highest BCUT2D eigenvalue weighted by Gasteiger charge is 2.22. The monoisotopic (exact) mass is 266 g/mol. The SMILES string of the molecule is Fc1cc(Sc2nnnn2C2CCCC2)ncn1. The van der Waals surface area contributed by atoms with Crippen LogP contribution in [0.25, 0.3) is 0 Å². The van der Waals surface area contributed by atoms with Gasteiger partial charge < -0.3 is 0 Å². The zero-order chi connectivity index (χ0) is 12.4. The molecule has 3 rings (SSSR count). The third-order valence-corrected chi connectivity index (χ3v) is 3.82. The molecule has 0 spiro atoms. The van der Waals surface area contributed by atoms with Gasteiger partial charge in [-0.1, -0.05) is 12.8 Å². The van der Waals surface area contributed by atoms with E-state index in [1.165, 1.54) is 37.0 Å². The van der Waals surface area contributed by atoms with E-state index in [1.54, 1.807) is 0 Å². The predicted molar refractivity (Wildman–Crippen MR) is 61.4 cm³/mol. The molecule has 0 N–H and O–H groups in total. The first-order valence-electron chi connectivity index (χ1n) is 5.76. The van der Waals surface area contributed by atoms with E-state index in [2.05, 4.69) is 25.5 Å². The summed E-state index contributed by atoms with van der Waals surface area (Å²) in [6.07, 6.45) is 5.79. The van der Waals surface area contributed by atoms with Crippen LogP contribution in [0.15, 0.2) is 22.6 Å². The molecule has 1 fully saturated rings. The van der Waals surface area contributed by atoms with Crippen LogP contribution in [0, 0.1) is 5.95 Å². The predicted octanol–water partition coefficient (Wildman–Crippen LogP) is 1.87. The molecule has 8 heteroatoms. The molecule has 1 saturated carbocycles. The van der Waals surface area contributed by atoms with Gasteiger partial charge in [0.2, 0.25) is 11.1 Å². The van der Waals surface area contributed by atoms with E-state index in [-0.39, 0.29) is 0 Å². The smallest absolute Gasteiger partial charge is 0.217 e. The second kappa shape index (κ2) is 4.97. The highest BCUT2D eigenvalue weighted by molar-refractivity contribution is 7.99. The molecule has 6 nitrogen and oxygen atoms in total. The van der Waals surface area contributed by atoms with E-state index in [0.29, 0.717) is 16.2 Å². The number of aromatic nitrogens is 6. The number of nitrogens with zero attached hydrogens (tertiary/aromatic N) is 6. The molecular formula is C10H11FN6S. The minimum Gasteiger partial charge on any atom is -0.229 e. The summed E-state index contributed by atoms with van der Waals surface area (Å²) in [5, 5.41) is 12.8. The van der Waals surface area contributed by atoms with Crippen molar-refractivity contribution in [2.75, 3.05) is 0 Å². The van der Waals surface area contributed by atoms with Crippen LogP contribution >= 0.6 is 11.8 Å². The van der Waals surface area contributed by atoms with Crippen LogP contribution in [-0.2, 0) is 0 Å². The Bertz CT molecular complexity index is 539. The zero-order valence-corrected chi connectivity index (χ0v) is 10.3. The minimum absolute atomic E-state index is 0.356. The van der Waals surface area contributed by atoms with Crippen molar-refractivity contribution in [3.05, 3.63) is 18.3 Å². The zero-order valence-electron chi connectivity index (χ0n) is 9.53. The topological polar surface area (TPSA) is 69.4 Å². The molecule has 0 atom stereocenters. The Labute approximate surface area is 107 Å². The second-order valence-electron chi connectivity index (χ2n) is 4.13. The van der Waals surface area contributed by atoms with Crippen molar-refractivity contribution in [3.63, 3.8) is 0 Å². The van der Waals surface area contributed by atoms with Gasteiger partial charge in [0, 0.05) is 6.07 Å². The van der Waals surface area contributed by atoms with E-state index < -0.39 is 5.95 Å². The molecular weight excluding hydrogens is 255 g/mol. The first-order chi connectivity index (χ1) is 8.83. The Balaban J connectivity index is 1.82. The van der Waals surface area contributed by atoms with Gasteiger partial charge >= 0.3 is 0 Å². The summed E-state index contributed by atoms with van der Waals surface area (Å²) in [6, 6.07) is 1.63. The molecule has 1 aliphatic carbocycles. The van der Waals surface area contributed by atoms with E-state index in [4.69, 9.17) is 0 Å². The van der Waals surface area contributed by atoms with Gasteiger partial charge in [-0.05, 0) is 35.0 Å². The summed E-state index contributed by atoms with van der Waals surface area (Å²) in [5.41, 5.74) is 0. The third kappa shape index (κ3) is 2.33. The Hall–Kier alpha value is -1.57. The van der Waals surface area contributed by atoms with E-state index in [0.717, 1.165) is 12.8 Å². The summed E-state index contributed by atoms with van der Waals surface area (Å²) in [7, 11) is 0. The fraction of sp³-hybridized carbons (Fsp3) is 0.500. The van der Waals surface area contributed by atoms with Gasteiger partial charge in [0.1, 0.15) is 11.4 Å². The molecule has 0 saturated heterocycles. The molecule has 2 aromatic heterocycles. The fourth-order valence-corrected chi connectivity index (χ4v) is 2.90. The van der Waals surface area contributed by atoms with Gasteiger partial charge in [0.25, 0.3) is 0 Å². The van der Waals surface area contributed by atoms with Crippen molar-refractivity contribution < 1.29 is 4.39 Å². The Kier molecular flexibility index (Phi) is 3.18. The Morgan fingerprint density at radius 3 is 2.89 bits per heavy atom. The molecule has 0 bridgehead atoms. The molecule has 18 heavy (non-hydrogen) atoms. The lowest BCUT2D eigenvalue weighted by atomic mass is 10.3. The molecule has 0 aliphatic heterocycles. The van der Waals surface area contributed by atoms with Crippen LogP contribution in [0.4, 0.5) is 4.39 Å². The minimum atomic E-state index is -0.549. The summed E-state index contributed by atoms with van der Waals surface area (Å²) in [5.74, 6) is -0.549. The molecule has 94 valence electrons. The normalized spacial score (nSPS) is 16.3. The number of hydrogen-bond acceptors (Lipinski definition) is 6. The Morgan fingerprint density at radius 1 is 1.28 bits per heavy atom. The van der Waals surface area contributed by atoms with Crippen molar-refractivity contribution >= 4 is 11.8 Å². The van der Waals surface area contributed by atoms with Crippen molar-refractivity contribution in [1.29, 1.82) is 0 Å². The van der Waals surface area contributed by atoms with Crippen LogP contribution in [0.5, 0.6) is 0 Å². The van der Waals surface area contributed by atoms with Crippen LogP contribution < -0.4 is 0 Å². The summed E-state index contributed by atoms with van der Waals surface area (Å²) in [4.78, 5) is 7.40. The lowest BCUT2D eigenvalue weighted by molar-refractivity contribution is 0.423. The third-order valence-electron chi connectivity index (χ3n) is 2.94. The van der Waals surface area contributed by atoms with Crippen molar-refractivity contribution in [1.82, 2.24) is 30.2 Å². The molecule has 2 heterocycles. The summed E-state index contributed by atoms with van der Waals surface area (Å²) in [6.45, 7) is 0. The first kappa shape index (κ1) is 11.5. The second-order valence-corrected chi connectivity index (χ2v) is 5.11. The highest BCUT2D eigenvalue weighted by atomic mass is 32.2. The van der Waals surface area contributed by atoms with E-state index >= 15 is 0 Å². The summed E-state index contributed by atoms with van der Waals surface area (Å²) >= 11 is 1.26. The van der Waals surface area contributed by atoms with E-state index in [1.807, 2.05) is 4.68 Å². The van der Waals surface area contributed by atoms with Gasteiger partial charge in [0.15, 0.2) is 0 Å². The Morgan fingerprint density at radius 2 is 2.11 bits per heavy atom. The molecule has 0 unspecified atom stereocenters. The van der Waals surface area contributed by atoms with Gasteiger partial charge in [-0.3, -0.25) is 0 Å². The van der Waals surface area contributed by atoms with Crippen molar-refractivity contribution in [3.8, 4) is 0 Å². The van der Waals surface area contributed by atoms with Crippen molar-refractivity contribution in [2.24, 2.45) is 0 Å². The number of tetrazole rings is 1. The van der Waals surface area contributed by atoms with Crippen LogP contribution in [0.2, 0.25) is 0 Å². The maximum Gasteiger partial charge on any atom is 0.217 e.